The Morgan fingerprint density at radius 3 is 0.898 bits per heavy atom. The van der Waals surface area contributed by atoms with Gasteiger partial charge in [0, 0.05) is 83.7 Å². The van der Waals surface area contributed by atoms with E-state index >= 15 is 0 Å². The molecule has 7 nitrogen and oxygen atoms in total. The van der Waals surface area contributed by atoms with Crippen LogP contribution in [-0.4, -0.2) is 24.1 Å². The third-order valence-electron chi connectivity index (χ3n) is 16.7. The molecule has 0 aliphatic carbocycles. The van der Waals surface area contributed by atoms with Crippen LogP contribution < -0.4 is 9.80 Å². The molecule has 0 saturated carbocycles. The second-order valence-corrected chi connectivity index (χ2v) is 22.1. The Morgan fingerprint density at radius 1 is 0.193 bits per heavy atom. The van der Waals surface area contributed by atoms with Gasteiger partial charge >= 0.3 is 0 Å². The fourth-order valence-electron chi connectivity index (χ4n) is 12.6. The van der Waals surface area contributed by atoms with Crippen LogP contribution in [-0.2, 0) is 0 Å². The smallest absolute Gasteiger partial charge is 0.164 e. The molecule has 0 radical (unpaired) electrons. The summed E-state index contributed by atoms with van der Waals surface area (Å²) < 4.78 is 4.73. The Morgan fingerprint density at radius 2 is 0.489 bits per heavy atom. The average Bonchev–Trinajstić information content (AvgIpc) is 1.72. The lowest BCUT2D eigenvalue weighted by molar-refractivity contribution is 1.07. The fraction of sp³-hybridized carbons (Fsp3) is 0. The van der Waals surface area contributed by atoms with Crippen molar-refractivity contribution >= 4 is 77.7 Å². The second-order valence-electron chi connectivity index (χ2n) is 22.1. The van der Waals surface area contributed by atoms with Crippen LogP contribution in [0.15, 0.2) is 334 Å². The van der Waals surface area contributed by atoms with Crippen molar-refractivity contribution in [1.82, 2.24) is 24.1 Å². The van der Waals surface area contributed by atoms with Gasteiger partial charge in [0.2, 0.25) is 0 Å². The molecule has 0 saturated heterocycles. The second kappa shape index (κ2) is 22.2. The quantitative estimate of drug-likeness (QED) is 0.115. The lowest BCUT2D eigenvalue weighted by Crippen LogP contribution is -2.09. The number of anilines is 6. The summed E-state index contributed by atoms with van der Waals surface area (Å²) in [6, 6.07) is 118. The molecular formula is C81H55N7. The van der Waals surface area contributed by atoms with E-state index in [0.29, 0.717) is 17.5 Å². The van der Waals surface area contributed by atoms with Gasteiger partial charge in [-0.25, -0.2) is 15.0 Å². The Kier molecular flexibility index (Phi) is 13.1. The summed E-state index contributed by atoms with van der Waals surface area (Å²) in [7, 11) is 0. The zero-order chi connectivity index (χ0) is 58.3. The van der Waals surface area contributed by atoms with E-state index < -0.39 is 0 Å². The van der Waals surface area contributed by atoms with Crippen LogP contribution in [0.2, 0.25) is 0 Å². The lowest BCUT2D eigenvalue weighted by atomic mass is 9.98. The molecular weight excluding hydrogens is 1070 g/mol. The molecule has 0 amide bonds. The molecule has 0 atom stereocenters. The maximum Gasteiger partial charge on any atom is 0.164 e. The molecule has 7 heteroatoms. The van der Waals surface area contributed by atoms with Gasteiger partial charge in [-0.1, -0.05) is 200 Å². The van der Waals surface area contributed by atoms with Gasteiger partial charge in [-0.15, -0.1) is 0 Å². The van der Waals surface area contributed by atoms with E-state index in [0.717, 1.165) is 122 Å². The normalized spacial score (nSPS) is 11.4. The molecule has 0 bridgehead atoms. The Bertz CT molecular complexity index is 4870. The molecule has 0 spiro atoms. The van der Waals surface area contributed by atoms with E-state index in [9.17, 15) is 0 Å². The van der Waals surface area contributed by atoms with E-state index in [1.54, 1.807) is 0 Å². The van der Waals surface area contributed by atoms with Crippen LogP contribution >= 0.6 is 0 Å². The van der Waals surface area contributed by atoms with E-state index in [2.05, 4.69) is 353 Å². The molecule has 16 rings (SSSR count). The molecule has 16 aromatic rings. The minimum atomic E-state index is 0.568. The molecule has 0 fully saturated rings. The summed E-state index contributed by atoms with van der Waals surface area (Å²) in [4.78, 5) is 20.9. The van der Waals surface area contributed by atoms with Gasteiger partial charge in [-0.05, 0) is 156 Å². The summed E-state index contributed by atoms with van der Waals surface area (Å²) in [5.74, 6) is 1.71. The van der Waals surface area contributed by atoms with Gasteiger partial charge in [0.1, 0.15) is 0 Å². The summed E-state index contributed by atoms with van der Waals surface area (Å²) in [6.45, 7) is 0. The number of fused-ring (bicyclic) bond motifs is 6. The van der Waals surface area contributed by atoms with Crippen molar-refractivity contribution < 1.29 is 0 Å². The highest BCUT2D eigenvalue weighted by Gasteiger charge is 2.22. The highest BCUT2D eigenvalue weighted by Crippen LogP contribution is 2.43. The van der Waals surface area contributed by atoms with Gasteiger partial charge in [0.25, 0.3) is 0 Å². The average molecular weight is 1130 g/mol. The first kappa shape index (κ1) is 51.7. The van der Waals surface area contributed by atoms with Crippen molar-refractivity contribution in [3.63, 3.8) is 0 Å². The number of nitrogens with zero attached hydrogens (tertiary/aromatic N) is 7. The number of benzene rings is 13. The number of aromatic nitrogens is 5. The summed E-state index contributed by atoms with van der Waals surface area (Å²) in [6.07, 6.45) is 0. The van der Waals surface area contributed by atoms with Crippen LogP contribution in [0.25, 0.3) is 111 Å². The minimum absolute atomic E-state index is 0.568. The zero-order valence-corrected chi connectivity index (χ0v) is 47.9. The van der Waals surface area contributed by atoms with Crippen LogP contribution in [0.1, 0.15) is 0 Å². The molecule has 414 valence electrons. The standard InChI is InChI=1S/C81H55N7/c1-6-24-56(25-7-1)57-26-20-27-58(50-57)59-28-21-29-60(51-59)79-82-80(61-30-22-40-67(52-61)87-75-44-18-16-42-71(75)73-54-69(46-48-77(73)87)85(63-32-8-2-9-33-63)64-34-10-3-11-35-64)84-81(83-79)62-31-23-41-68(53-62)88-76-45-19-17-43-72(76)74-55-70(47-49-78(74)88)86(65-36-12-4-13-37-65)66-38-14-5-15-39-66/h1-55H. The van der Waals surface area contributed by atoms with Crippen LogP contribution in [0.4, 0.5) is 34.1 Å². The third-order valence-corrected chi connectivity index (χ3v) is 16.7. The number of para-hydroxylation sites is 6. The molecule has 13 aromatic carbocycles. The van der Waals surface area contributed by atoms with E-state index in [1.807, 2.05) is 0 Å². The van der Waals surface area contributed by atoms with Gasteiger partial charge in [0.05, 0.1) is 22.1 Å². The predicted molar refractivity (Wildman–Crippen MR) is 365 cm³/mol. The van der Waals surface area contributed by atoms with Crippen molar-refractivity contribution in [3.8, 4) is 67.8 Å². The van der Waals surface area contributed by atoms with Crippen LogP contribution in [0.5, 0.6) is 0 Å². The highest BCUT2D eigenvalue weighted by molar-refractivity contribution is 6.12. The van der Waals surface area contributed by atoms with Gasteiger partial charge < -0.3 is 18.9 Å². The molecule has 88 heavy (non-hydrogen) atoms. The maximum absolute atomic E-state index is 5.44. The van der Waals surface area contributed by atoms with E-state index in [-0.39, 0.29) is 0 Å². The molecule has 3 heterocycles. The number of rotatable bonds is 13. The molecule has 0 aliphatic rings. The molecule has 0 aliphatic heterocycles. The first-order chi connectivity index (χ1) is 43.6. The monoisotopic (exact) mass is 1130 g/mol. The zero-order valence-electron chi connectivity index (χ0n) is 47.9. The maximum atomic E-state index is 5.44. The summed E-state index contributed by atoms with van der Waals surface area (Å²) in [5.41, 5.74) is 20.0. The predicted octanol–water partition coefficient (Wildman–Crippen LogP) is 21.3. The largest absolute Gasteiger partial charge is 0.310 e. The van der Waals surface area contributed by atoms with Gasteiger partial charge in [-0.2, -0.15) is 0 Å². The number of hydrogen-bond acceptors (Lipinski definition) is 5. The van der Waals surface area contributed by atoms with Gasteiger partial charge in [-0.3, -0.25) is 0 Å². The SMILES string of the molecule is c1ccc(-c2cccc(-c3cccc(-c4nc(-c5cccc(-n6c7ccccc7c7cc(N(c8ccccc8)c8ccccc8)ccc76)c5)nc(-c5cccc(-n6c7ccccc7c7cc(N(c8ccccc8)c8ccccc8)ccc76)c5)n4)c3)c2)cc1. The topological polar surface area (TPSA) is 55.0 Å². The van der Waals surface area contributed by atoms with Crippen LogP contribution in [0, 0.1) is 0 Å². The minimum Gasteiger partial charge on any atom is -0.310 e. The first-order valence-corrected chi connectivity index (χ1v) is 29.7. The first-order valence-electron chi connectivity index (χ1n) is 29.7. The van der Waals surface area contributed by atoms with E-state index in [1.165, 1.54) is 5.56 Å². The summed E-state index contributed by atoms with van der Waals surface area (Å²) >= 11 is 0. The van der Waals surface area contributed by atoms with Crippen molar-refractivity contribution in [2.24, 2.45) is 0 Å². The van der Waals surface area contributed by atoms with Crippen molar-refractivity contribution in [2.75, 3.05) is 9.80 Å². The highest BCUT2D eigenvalue weighted by atomic mass is 15.1. The summed E-state index contributed by atoms with van der Waals surface area (Å²) in [5, 5.41) is 4.63. The van der Waals surface area contributed by atoms with Gasteiger partial charge in [0.15, 0.2) is 17.5 Å². The molecule has 0 N–H and O–H groups in total. The molecule has 0 unspecified atom stereocenters. The Labute approximate surface area is 510 Å². The van der Waals surface area contributed by atoms with E-state index in [4.69, 9.17) is 15.0 Å². The van der Waals surface area contributed by atoms with Crippen molar-refractivity contribution in [2.45, 2.75) is 0 Å². The van der Waals surface area contributed by atoms with Crippen molar-refractivity contribution in [1.29, 1.82) is 0 Å². The Balaban J connectivity index is 0.837. The molecule has 3 aromatic heterocycles. The fourth-order valence-corrected chi connectivity index (χ4v) is 12.6. The third kappa shape index (κ3) is 9.50. The van der Waals surface area contributed by atoms with Crippen LogP contribution in [0.3, 0.4) is 0 Å². The lowest BCUT2D eigenvalue weighted by Gasteiger charge is -2.25. The number of hydrogen-bond donors (Lipinski definition) is 0. The Hall–Kier alpha value is -11.9. The van der Waals surface area contributed by atoms with Crippen molar-refractivity contribution in [3.05, 3.63) is 334 Å².